The van der Waals surface area contributed by atoms with Crippen LogP contribution in [0.1, 0.15) is 32.6 Å². The summed E-state index contributed by atoms with van der Waals surface area (Å²) in [5.41, 5.74) is 3.53. The fourth-order valence-corrected chi connectivity index (χ4v) is 2.08. The van der Waals surface area contributed by atoms with E-state index in [1.54, 1.807) is 11.1 Å². The summed E-state index contributed by atoms with van der Waals surface area (Å²) in [7, 11) is 0. The molecule has 2 aliphatic carbocycles. The van der Waals surface area contributed by atoms with Gasteiger partial charge in [0.25, 0.3) is 0 Å². The molecule has 0 radical (unpaired) electrons. The molecule has 0 saturated carbocycles. The zero-order chi connectivity index (χ0) is 5.56. The molecule has 0 N–H and O–H groups in total. The standard InChI is InChI=1S/C8H12/c1-6-7-2-3-8(6)5-4-7/h7H,2-5H2,1H3. The lowest BCUT2D eigenvalue weighted by atomic mass is 9.98. The Hall–Kier alpha value is -0.260. The van der Waals surface area contributed by atoms with Crippen molar-refractivity contribution in [1.82, 2.24) is 0 Å². The Morgan fingerprint density at radius 2 is 1.88 bits per heavy atom. The van der Waals surface area contributed by atoms with Gasteiger partial charge in [-0.05, 0) is 38.5 Å². The molecule has 0 aliphatic heterocycles. The highest BCUT2D eigenvalue weighted by atomic mass is 14.3. The fraction of sp³-hybridized carbons (Fsp3) is 0.750. The zero-order valence-electron chi connectivity index (χ0n) is 5.41. The Bertz CT molecular complexity index is 132. The highest BCUT2D eigenvalue weighted by Gasteiger charge is 2.27. The first kappa shape index (κ1) is 4.60. The van der Waals surface area contributed by atoms with Gasteiger partial charge in [-0.25, -0.2) is 0 Å². The first-order chi connectivity index (χ1) is 3.88. The molecule has 0 heterocycles. The van der Waals surface area contributed by atoms with Gasteiger partial charge in [-0.15, -0.1) is 0 Å². The second-order valence-corrected chi connectivity index (χ2v) is 3.06. The van der Waals surface area contributed by atoms with Crippen LogP contribution in [0.15, 0.2) is 11.1 Å². The molecule has 0 fully saturated rings. The molecular weight excluding hydrogens is 96.1 g/mol. The summed E-state index contributed by atoms with van der Waals surface area (Å²) in [6.07, 6.45) is 5.80. The van der Waals surface area contributed by atoms with Gasteiger partial charge < -0.3 is 0 Å². The van der Waals surface area contributed by atoms with Crippen molar-refractivity contribution < 1.29 is 0 Å². The molecule has 8 heavy (non-hydrogen) atoms. The van der Waals surface area contributed by atoms with E-state index in [-0.39, 0.29) is 0 Å². The minimum absolute atomic E-state index is 1.02. The van der Waals surface area contributed by atoms with Crippen LogP contribution in [0.4, 0.5) is 0 Å². The predicted molar refractivity (Wildman–Crippen MR) is 34.7 cm³/mol. The Balaban J connectivity index is 2.34. The van der Waals surface area contributed by atoms with E-state index in [0.29, 0.717) is 0 Å². The second kappa shape index (κ2) is 1.37. The van der Waals surface area contributed by atoms with Crippen molar-refractivity contribution in [1.29, 1.82) is 0 Å². The Morgan fingerprint density at radius 3 is 2.00 bits per heavy atom. The van der Waals surface area contributed by atoms with E-state index in [1.807, 2.05) is 0 Å². The van der Waals surface area contributed by atoms with E-state index in [0.717, 1.165) is 5.92 Å². The summed E-state index contributed by atoms with van der Waals surface area (Å²) in [6.45, 7) is 2.32. The van der Waals surface area contributed by atoms with Crippen LogP contribution in [-0.2, 0) is 0 Å². The Morgan fingerprint density at radius 1 is 1.25 bits per heavy atom. The summed E-state index contributed by atoms with van der Waals surface area (Å²) >= 11 is 0. The molecule has 0 atom stereocenters. The molecule has 2 aliphatic rings. The van der Waals surface area contributed by atoms with Gasteiger partial charge in [0.2, 0.25) is 0 Å². The number of allylic oxidation sites excluding steroid dienone is 2. The van der Waals surface area contributed by atoms with E-state index in [1.165, 1.54) is 25.7 Å². The smallest absolute Gasteiger partial charge is 0.0197 e. The predicted octanol–water partition coefficient (Wildman–Crippen LogP) is 2.51. The van der Waals surface area contributed by atoms with Gasteiger partial charge in [-0.2, -0.15) is 0 Å². The normalized spacial score (nSPS) is 28.1. The minimum Gasteiger partial charge on any atom is -0.0710 e. The van der Waals surface area contributed by atoms with Crippen molar-refractivity contribution in [3.05, 3.63) is 11.1 Å². The Labute approximate surface area is 50.6 Å². The summed E-state index contributed by atoms with van der Waals surface area (Å²) in [5.74, 6) is 1.02. The van der Waals surface area contributed by atoms with Crippen LogP contribution >= 0.6 is 0 Å². The van der Waals surface area contributed by atoms with Crippen molar-refractivity contribution in [2.45, 2.75) is 32.6 Å². The summed E-state index contributed by atoms with van der Waals surface area (Å²) in [4.78, 5) is 0. The van der Waals surface area contributed by atoms with E-state index in [9.17, 15) is 0 Å². The maximum Gasteiger partial charge on any atom is -0.0197 e. The summed E-state index contributed by atoms with van der Waals surface area (Å²) in [6, 6.07) is 0. The van der Waals surface area contributed by atoms with Crippen LogP contribution in [0.25, 0.3) is 0 Å². The van der Waals surface area contributed by atoms with E-state index < -0.39 is 0 Å². The van der Waals surface area contributed by atoms with Crippen molar-refractivity contribution in [2.75, 3.05) is 0 Å². The molecule has 0 amide bonds. The topological polar surface area (TPSA) is 0 Å². The van der Waals surface area contributed by atoms with Crippen LogP contribution < -0.4 is 0 Å². The number of fused-ring (bicyclic) bond motifs is 1. The maximum atomic E-state index is 2.32. The number of rotatable bonds is 0. The molecule has 0 heteroatoms. The fourth-order valence-electron chi connectivity index (χ4n) is 2.08. The lowest BCUT2D eigenvalue weighted by Crippen LogP contribution is -1.93. The van der Waals surface area contributed by atoms with Crippen LogP contribution in [0, 0.1) is 5.92 Å². The van der Waals surface area contributed by atoms with Crippen molar-refractivity contribution >= 4 is 0 Å². The summed E-state index contributed by atoms with van der Waals surface area (Å²) < 4.78 is 0. The first-order valence-corrected chi connectivity index (χ1v) is 3.56. The first-order valence-electron chi connectivity index (χ1n) is 3.56. The van der Waals surface area contributed by atoms with Crippen molar-refractivity contribution in [2.24, 2.45) is 5.92 Å². The van der Waals surface area contributed by atoms with Crippen molar-refractivity contribution in [3.8, 4) is 0 Å². The minimum atomic E-state index is 1.02. The van der Waals surface area contributed by atoms with Crippen molar-refractivity contribution in [3.63, 3.8) is 0 Å². The molecule has 0 aromatic carbocycles. The number of hydrogen-bond donors (Lipinski definition) is 0. The van der Waals surface area contributed by atoms with E-state index in [4.69, 9.17) is 0 Å². The number of hydrogen-bond acceptors (Lipinski definition) is 0. The van der Waals surface area contributed by atoms with Crippen LogP contribution in [0.5, 0.6) is 0 Å². The molecule has 0 aromatic heterocycles. The van der Waals surface area contributed by atoms with Gasteiger partial charge in [-0.1, -0.05) is 11.1 Å². The third kappa shape index (κ3) is 0.410. The molecule has 44 valence electrons. The average molecular weight is 108 g/mol. The third-order valence-electron chi connectivity index (χ3n) is 2.76. The van der Waals surface area contributed by atoms with E-state index >= 15 is 0 Å². The van der Waals surface area contributed by atoms with Gasteiger partial charge in [0.1, 0.15) is 0 Å². The zero-order valence-corrected chi connectivity index (χ0v) is 5.41. The second-order valence-electron chi connectivity index (χ2n) is 3.06. The highest BCUT2D eigenvalue weighted by molar-refractivity contribution is 5.26. The quantitative estimate of drug-likeness (QED) is 0.418. The lowest BCUT2D eigenvalue weighted by molar-refractivity contribution is 0.537. The monoisotopic (exact) mass is 108 g/mol. The molecule has 2 bridgehead atoms. The Kier molecular flexibility index (Phi) is 0.787. The molecule has 0 spiro atoms. The lowest BCUT2D eigenvalue weighted by Gasteiger charge is -2.07. The molecule has 0 unspecified atom stereocenters. The van der Waals surface area contributed by atoms with Gasteiger partial charge in [0, 0.05) is 0 Å². The largest absolute Gasteiger partial charge is 0.0710 e. The molecular formula is C8H12. The van der Waals surface area contributed by atoms with Gasteiger partial charge in [0.05, 0.1) is 0 Å². The van der Waals surface area contributed by atoms with Gasteiger partial charge in [-0.3, -0.25) is 0 Å². The highest BCUT2D eigenvalue weighted by Crippen LogP contribution is 2.43. The van der Waals surface area contributed by atoms with E-state index in [2.05, 4.69) is 6.92 Å². The van der Waals surface area contributed by atoms with Gasteiger partial charge in [0.15, 0.2) is 0 Å². The van der Waals surface area contributed by atoms with Gasteiger partial charge >= 0.3 is 0 Å². The third-order valence-corrected chi connectivity index (χ3v) is 2.76. The summed E-state index contributed by atoms with van der Waals surface area (Å²) in [5, 5.41) is 0. The van der Waals surface area contributed by atoms with Crippen LogP contribution in [-0.4, -0.2) is 0 Å². The van der Waals surface area contributed by atoms with Crippen LogP contribution in [0.3, 0.4) is 0 Å². The average Bonchev–Trinajstić information content (AvgIpc) is 2.29. The molecule has 0 aromatic rings. The molecule has 0 saturated heterocycles. The van der Waals surface area contributed by atoms with Crippen LogP contribution in [0.2, 0.25) is 0 Å². The molecule has 2 rings (SSSR count). The maximum absolute atomic E-state index is 2.32. The SMILES string of the molecule is CC1=C2CCC1CC2. The molecule has 0 nitrogen and oxygen atoms in total.